The van der Waals surface area contributed by atoms with Gasteiger partial charge in [-0.25, -0.2) is 8.42 Å². The van der Waals surface area contributed by atoms with Crippen LogP contribution in [0.15, 0.2) is 59.5 Å². The largest absolute Gasteiger partial charge is 0.494 e. The van der Waals surface area contributed by atoms with Crippen molar-refractivity contribution in [2.24, 2.45) is 0 Å². The summed E-state index contributed by atoms with van der Waals surface area (Å²) in [5, 5.41) is 2.82. The molecule has 1 N–H and O–H groups in total. The van der Waals surface area contributed by atoms with Gasteiger partial charge in [0.2, 0.25) is 5.91 Å². The molecule has 0 spiro atoms. The maximum atomic E-state index is 13.1. The van der Waals surface area contributed by atoms with E-state index in [1.54, 1.807) is 42.5 Å². The van der Waals surface area contributed by atoms with E-state index < -0.39 is 10.0 Å². The number of nitrogens with one attached hydrogen (secondary N) is 1. The molecule has 2 rings (SSSR count). The van der Waals surface area contributed by atoms with Gasteiger partial charge in [-0.1, -0.05) is 25.1 Å². The summed E-state index contributed by atoms with van der Waals surface area (Å²) in [7, 11) is -3.89. The molecule has 2 aromatic rings. The fourth-order valence-electron chi connectivity index (χ4n) is 2.46. The fourth-order valence-corrected chi connectivity index (χ4v) is 3.91. The third kappa shape index (κ3) is 5.47. The van der Waals surface area contributed by atoms with Gasteiger partial charge in [0.25, 0.3) is 10.0 Å². The van der Waals surface area contributed by atoms with Crippen molar-refractivity contribution in [3.8, 4) is 5.75 Å². The topological polar surface area (TPSA) is 75.7 Å². The molecule has 1 atom stereocenters. The molecule has 0 saturated heterocycles. The molecule has 146 valence electrons. The lowest BCUT2D eigenvalue weighted by Gasteiger charge is -2.25. The van der Waals surface area contributed by atoms with Crippen LogP contribution in [-0.2, 0) is 14.8 Å². The summed E-state index contributed by atoms with van der Waals surface area (Å²) < 4.78 is 32.8. The average Bonchev–Trinajstić information content (AvgIpc) is 2.67. The van der Waals surface area contributed by atoms with Gasteiger partial charge in [0, 0.05) is 6.04 Å². The molecule has 0 bridgehead atoms. The van der Waals surface area contributed by atoms with E-state index in [9.17, 15) is 13.2 Å². The standard InChI is InChI=1S/C20H26N2O4S/c1-4-16(3)21-20(23)15-22(17-11-13-18(14-12-17)26-5-2)27(24,25)19-9-7-6-8-10-19/h6-14,16H,4-5,15H2,1-3H3,(H,21,23)/t16-/m1/s1. The molecule has 0 unspecified atom stereocenters. The summed E-state index contributed by atoms with van der Waals surface area (Å²) in [6.07, 6.45) is 0.764. The van der Waals surface area contributed by atoms with Crippen LogP contribution >= 0.6 is 0 Å². The summed E-state index contributed by atoms with van der Waals surface area (Å²) in [6, 6.07) is 14.7. The van der Waals surface area contributed by atoms with E-state index in [-0.39, 0.29) is 23.4 Å². The van der Waals surface area contributed by atoms with Gasteiger partial charge in [-0.15, -0.1) is 0 Å². The number of nitrogens with zero attached hydrogens (tertiary/aromatic N) is 1. The molecule has 6 nitrogen and oxygen atoms in total. The predicted octanol–water partition coefficient (Wildman–Crippen LogP) is 3.20. The molecule has 0 heterocycles. The highest BCUT2D eigenvalue weighted by Crippen LogP contribution is 2.25. The van der Waals surface area contributed by atoms with Crippen molar-refractivity contribution in [1.29, 1.82) is 0 Å². The van der Waals surface area contributed by atoms with Gasteiger partial charge in [0.1, 0.15) is 12.3 Å². The van der Waals surface area contributed by atoms with Gasteiger partial charge in [-0.05, 0) is 56.7 Å². The third-order valence-electron chi connectivity index (χ3n) is 4.07. The number of amides is 1. The first-order chi connectivity index (χ1) is 12.9. The number of ether oxygens (including phenoxy) is 1. The Morgan fingerprint density at radius 3 is 2.26 bits per heavy atom. The first-order valence-electron chi connectivity index (χ1n) is 8.98. The van der Waals surface area contributed by atoms with E-state index in [2.05, 4.69) is 5.32 Å². The van der Waals surface area contributed by atoms with Crippen molar-refractivity contribution >= 4 is 21.6 Å². The van der Waals surface area contributed by atoms with Crippen molar-refractivity contribution in [2.75, 3.05) is 17.5 Å². The molecule has 0 aliphatic heterocycles. The number of benzene rings is 2. The maximum Gasteiger partial charge on any atom is 0.264 e. The Morgan fingerprint density at radius 2 is 1.70 bits per heavy atom. The quantitative estimate of drug-likeness (QED) is 0.713. The van der Waals surface area contributed by atoms with E-state index in [1.165, 1.54) is 12.1 Å². The zero-order valence-electron chi connectivity index (χ0n) is 15.9. The minimum Gasteiger partial charge on any atom is -0.494 e. The van der Waals surface area contributed by atoms with Crippen LogP contribution in [0.5, 0.6) is 5.75 Å². The summed E-state index contributed by atoms with van der Waals surface area (Å²) in [5.74, 6) is 0.292. The first-order valence-corrected chi connectivity index (χ1v) is 10.4. The Morgan fingerprint density at radius 1 is 1.07 bits per heavy atom. The van der Waals surface area contributed by atoms with Crippen molar-refractivity contribution in [2.45, 2.75) is 38.1 Å². The predicted molar refractivity (Wildman–Crippen MR) is 106 cm³/mol. The minimum absolute atomic E-state index is 0.0286. The van der Waals surface area contributed by atoms with E-state index >= 15 is 0 Å². The SMILES string of the molecule is CCOc1ccc(N(CC(=O)N[C@H](C)CC)S(=O)(=O)c2ccccc2)cc1. The first kappa shape index (κ1) is 20.8. The Balaban J connectivity index is 2.37. The molecule has 7 heteroatoms. The molecular weight excluding hydrogens is 364 g/mol. The van der Waals surface area contributed by atoms with Crippen LogP contribution < -0.4 is 14.4 Å². The minimum atomic E-state index is -3.89. The van der Waals surface area contributed by atoms with Crippen LogP contribution in [0.2, 0.25) is 0 Å². The second-order valence-electron chi connectivity index (χ2n) is 6.13. The maximum absolute atomic E-state index is 13.1. The number of hydrogen-bond donors (Lipinski definition) is 1. The molecule has 0 aliphatic rings. The molecule has 0 aromatic heterocycles. The second-order valence-corrected chi connectivity index (χ2v) is 7.99. The molecule has 27 heavy (non-hydrogen) atoms. The number of rotatable bonds is 9. The van der Waals surface area contributed by atoms with Gasteiger partial charge in [0.15, 0.2) is 0 Å². The molecular formula is C20H26N2O4S. The Labute approximate surface area is 161 Å². The molecule has 0 radical (unpaired) electrons. The van der Waals surface area contributed by atoms with Crippen LogP contribution in [0, 0.1) is 0 Å². The smallest absolute Gasteiger partial charge is 0.264 e. The normalized spacial score (nSPS) is 12.3. The lowest BCUT2D eigenvalue weighted by molar-refractivity contribution is -0.120. The highest BCUT2D eigenvalue weighted by molar-refractivity contribution is 7.92. The van der Waals surface area contributed by atoms with Crippen molar-refractivity contribution in [3.05, 3.63) is 54.6 Å². The molecule has 0 fully saturated rings. The Kier molecular flexibility index (Phi) is 7.24. The number of hydrogen-bond acceptors (Lipinski definition) is 4. The molecule has 0 aliphatic carbocycles. The highest BCUT2D eigenvalue weighted by Gasteiger charge is 2.27. The van der Waals surface area contributed by atoms with Gasteiger partial charge >= 0.3 is 0 Å². The highest BCUT2D eigenvalue weighted by atomic mass is 32.2. The van der Waals surface area contributed by atoms with Crippen LogP contribution in [0.25, 0.3) is 0 Å². The monoisotopic (exact) mass is 390 g/mol. The van der Waals surface area contributed by atoms with Crippen molar-refractivity contribution in [3.63, 3.8) is 0 Å². The zero-order chi connectivity index (χ0) is 19.9. The van der Waals surface area contributed by atoms with Crippen LogP contribution in [0.1, 0.15) is 27.2 Å². The summed E-state index contributed by atoms with van der Waals surface area (Å²) in [5.41, 5.74) is 0.404. The number of carbonyl (C=O) groups is 1. The van der Waals surface area contributed by atoms with Crippen molar-refractivity contribution < 1.29 is 17.9 Å². The number of anilines is 1. The van der Waals surface area contributed by atoms with E-state index in [4.69, 9.17) is 4.74 Å². The van der Waals surface area contributed by atoms with E-state index in [0.29, 0.717) is 18.0 Å². The zero-order valence-corrected chi connectivity index (χ0v) is 16.7. The van der Waals surface area contributed by atoms with E-state index in [0.717, 1.165) is 10.7 Å². The van der Waals surface area contributed by atoms with Gasteiger partial charge in [-0.3, -0.25) is 9.10 Å². The van der Waals surface area contributed by atoms with Gasteiger partial charge in [-0.2, -0.15) is 0 Å². The average molecular weight is 391 g/mol. The number of carbonyl (C=O) groups excluding carboxylic acids is 1. The lowest BCUT2D eigenvalue weighted by atomic mass is 10.2. The van der Waals surface area contributed by atoms with E-state index in [1.807, 2.05) is 20.8 Å². The second kappa shape index (κ2) is 9.41. The summed E-state index contributed by atoms with van der Waals surface area (Å²) >= 11 is 0. The molecule has 1 amide bonds. The summed E-state index contributed by atoms with van der Waals surface area (Å²) in [6.45, 7) is 5.93. The van der Waals surface area contributed by atoms with Crippen LogP contribution in [0.3, 0.4) is 0 Å². The Hall–Kier alpha value is -2.54. The summed E-state index contributed by atoms with van der Waals surface area (Å²) in [4.78, 5) is 12.5. The molecule has 0 saturated carbocycles. The Bertz CT molecular complexity index is 836. The lowest BCUT2D eigenvalue weighted by Crippen LogP contribution is -2.43. The van der Waals surface area contributed by atoms with Gasteiger partial charge < -0.3 is 10.1 Å². The van der Waals surface area contributed by atoms with Gasteiger partial charge in [0.05, 0.1) is 17.2 Å². The number of sulfonamides is 1. The fraction of sp³-hybridized carbons (Fsp3) is 0.350. The third-order valence-corrected chi connectivity index (χ3v) is 5.86. The van der Waals surface area contributed by atoms with Crippen LogP contribution in [0.4, 0.5) is 5.69 Å². The van der Waals surface area contributed by atoms with Crippen molar-refractivity contribution in [1.82, 2.24) is 5.32 Å². The molecule has 2 aromatic carbocycles. The van der Waals surface area contributed by atoms with Crippen LogP contribution in [-0.4, -0.2) is 33.5 Å².